The Morgan fingerprint density at radius 1 is 1.00 bits per heavy atom. The molecule has 2 saturated carbocycles. The molecule has 0 radical (unpaired) electrons. The topological polar surface area (TPSA) is 58.2 Å². The first kappa shape index (κ1) is 19.3. The van der Waals surface area contributed by atoms with E-state index in [0.717, 1.165) is 32.1 Å². The first-order valence-corrected chi connectivity index (χ1v) is 9.46. The van der Waals surface area contributed by atoms with Crippen LogP contribution in [0.4, 0.5) is 0 Å². The molecule has 0 aliphatic heterocycles. The van der Waals surface area contributed by atoms with Crippen LogP contribution in [0.2, 0.25) is 0 Å². The van der Waals surface area contributed by atoms with E-state index in [0.29, 0.717) is 24.8 Å². The van der Waals surface area contributed by atoms with Crippen LogP contribution < -0.4 is 10.6 Å². The standard InChI is InChI=1S/C20H36N2O2/c1-18(2,3)12-16(23)21-15-9-14(10-15)11-19(4,5)13-17(24)22-20(6)7-8-20/h14-15H,7-13H2,1-6H3,(H,21,23)(H,22,24). The summed E-state index contributed by atoms with van der Waals surface area (Å²) in [5.74, 6) is 0.987. The predicted molar refractivity (Wildman–Crippen MR) is 97.5 cm³/mol. The molecule has 0 atom stereocenters. The second kappa shape index (κ2) is 6.68. The molecule has 0 saturated heterocycles. The Morgan fingerprint density at radius 2 is 1.58 bits per heavy atom. The van der Waals surface area contributed by atoms with E-state index >= 15 is 0 Å². The molecule has 2 aliphatic carbocycles. The maximum absolute atomic E-state index is 12.2. The Labute approximate surface area is 147 Å². The molecule has 0 unspecified atom stereocenters. The molecule has 2 rings (SSSR count). The van der Waals surface area contributed by atoms with Crippen molar-refractivity contribution in [1.29, 1.82) is 0 Å². The van der Waals surface area contributed by atoms with Crippen molar-refractivity contribution in [2.75, 3.05) is 0 Å². The number of rotatable bonds is 7. The van der Waals surface area contributed by atoms with E-state index in [-0.39, 0.29) is 28.2 Å². The zero-order valence-corrected chi connectivity index (χ0v) is 16.4. The smallest absolute Gasteiger partial charge is 0.220 e. The molecule has 0 spiro atoms. The van der Waals surface area contributed by atoms with E-state index in [2.05, 4.69) is 52.2 Å². The van der Waals surface area contributed by atoms with Crippen LogP contribution in [0.25, 0.3) is 0 Å². The van der Waals surface area contributed by atoms with Gasteiger partial charge in [0.1, 0.15) is 0 Å². The highest BCUT2D eigenvalue weighted by Gasteiger charge is 2.40. The molecule has 0 aromatic rings. The van der Waals surface area contributed by atoms with Gasteiger partial charge in [-0.05, 0) is 55.8 Å². The molecule has 4 heteroatoms. The SMILES string of the molecule is CC(C)(C)CC(=O)NC1CC(CC(C)(C)CC(=O)NC2(C)CC2)C1. The lowest BCUT2D eigenvalue weighted by Crippen LogP contribution is -2.46. The molecule has 0 heterocycles. The van der Waals surface area contributed by atoms with E-state index in [4.69, 9.17) is 0 Å². The van der Waals surface area contributed by atoms with Crippen molar-refractivity contribution in [3.8, 4) is 0 Å². The average molecular weight is 337 g/mol. The minimum absolute atomic E-state index is 0.0282. The van der Waals surface area contributed by atoms with Gasteiger partial charge in [-0.2, -0.15) is 0 Å². The minimum atomic E-state index is 0.0282. The molecule has 2 fully saturated rings. The maximum Gasteiger partial charge on any atom is 0.220 e. The van der Waals surface area contributed by atoms with E-state index < -0.39 is 0 Å². The summed E-state index contributed by atoms with van der Waals surface area (Å²) in [7, 11) is 0. The highest BCUT2D eigenvalue weighted by atomic mass is 16.2. The molecule has 138 valence electrons. The largest absolute Gasteiger partial charge is 0.353 e. The fourth-order valence-corrected chi connectivity index (χ4v) is 3.76. The number of carbonyl (C=O) groups excluding carboxylic acids is 2. The quantitative estimate of drug-likeness (QED) is 0.743. The summed E-state index contributed by atoms with van der Waals surface area (Å²) in [6, 6.07) is 0.333. The molecule has 0 aromatic carbocycles. The van der Waals surface area contributed by atoms with Gasteiger partial charge in [-0.1, -0.05) is 34.6 Å². The third-order valence-electron chi connectivity index (χ3n) is 5.21. The maximum atomic E-state index is 12.2. The molecule has 0 aromatic heterocycles. The van der Waals surface area contributed by atoms with Gasteiger partial charge in [0.05, 0.1) is 0 Å². The average Bonchev–Trinajstić information content (AvgIpc) is 2.99. The molecule has 24 heavy (non-hydrogen) atoms. The van der Waals surface area contributed by atoms with Gasteiger partial charge in [-0.25, -0.2) is 0 Å². The number of hydrogen-bond donors (Lipinski definition) is 2. The third kappa shape index (κ3) is 6.45. The van der Waals surface area contributed by atoms with Crippen molar-refractivity contribution in [2.24, 2.45) is 16.7 Å². The van der Waals surface area contributed by atoms with Crippen molar-refractivity contribution in [1.82, 2.24) is 10.6 Å². The summed E-state index contributed by atoms with van der Waals surface area (Å²) in [6.45, 7) is 12.8. The molecule has 2 N–H and O–H groups in total. The lowest BCUT2D eigenvalue weighted by molar-refractivity contribution is -0.124. The van der Waals surface area contributed by atoms with Crippen LogP contribution in [0.1, 0.15) is 86.5 Å². The lowest BCUT2D eigenvalue weighted by atomic mass is 9.69. The first-order chi connectivity index (χ1) is 10.9. The zero-order chi connectivity index (χ0) is 18.2. The molecule has 2 aliphatic rings. The summed E-state index contributed by atoms with van der Waals surface area (Å²) in [4.78, 5) is 24.2. The summed E-state index contributed by atoms with van der Waals surface area (Å²) in [5.41, 5.74) is 0.146. The lowest BCUT2D eigenvalue weighted by Gasteiger charge is -2.40. The molecular weight excluding hydrogens is 300 g/mol. The molecule has 4 nitrogen and oxygen atoms in total. The van der Waals surface area contributed by atoms with E-state index in [1.807, 2.05) is 0 Å². The van der Waals surface area contributed by atoms with Gasteiger partial charge < -0.3 is 10.6 Å². The van der Waals surface area contributed by atoms with Crippen molar-refractivity contribution < 1.29 is 9.59 Å². The van der Waals surface area contributed by atoms with Gasteiger partial charge in [0.25, 0.3) is 0 Å². The number of amides is 2. The van der Waals surface area contributed by atoms with E-state index in [9.17, 15) is 9.59 Å². The summed E-state index contributed by atoms with van der Waals surface area (Å²) in [6.07, 6.45) is 6.56. The predicted octanol–water partition coefficient (Wildman–Crippen LogP) is 3.79. The van der Waals surface area contributed by atoms with Crippen molar-refractivity contribution in [2.45, 2.75) is 98.1 Å². The van der Waals surface area contributed by atoms with E-state index in [1.165, 1.54) is 0 Å². The molecule has 2 amide bonds. The number of nitrogens with one attached hydrogen (secondary N) is 2. The van der Waals surface area contributed by atoms with Crippen molar-refractivity contribution >= 4 is 11.8 Å². The fourth-order valence-electron chi connectivity index (χ4n) is 3.76. The minimum Gasteiger partial charge on any atom is -0.353 e. The van der Waals surface area contributed by atoms with Gasteiger partial charge in [0, 0.05) is 24.4 Å². The Kier molecular flexibility index (Phi) is 5.37. The summed E-state index contributed by atoms with van der Waals surface area (Å²) >= 11 is 0. The highest BCUT2D eigenvalue weighted by Crippen LogP contribution is 2.40. The fraction of sp³-hybridized carbons (Fsp3) is 0.900. The Morgan fingerprint density at radius 3 is 2.08 bits per heavy atom. The normalized spacial score (nSPS) is 25.6. The summed E-state index contributed by atoms with van der Waals surface area (Å²) in [5, 5.41) is 6.31. The van der Waals surface area contributed by atoms with Crippen LogP contribution in [0, 0.1) is 16.7 Å². The van der Waals surface area contributed by atoms with Crippen LogP contribution in [-0.2, 0) is 9.59 Å². The van der Waals surface area contributed by atoms with Crippen LogP contribution in [0.5, 0.6) is 0 Å². The second-order valence-electron chi connectivity index (χ2n) is 10.5. The Balaban J connectivity index is 1.66. The summed E-state index contributed by atoms with van der Waals surface area (Å²) < 4.78 is 0. The highest BCUT2D eigenvalue weighted by molar-refractivity contribution is 5.78. The first-order valence-electron chi connectivity index (χ1n) is 9.46. The van der Waals surface area contributed by atoms with Gasteiger partial charge >= 0.3 is 0 Å². The zero-order valence-electron chi connectivity index (χ0n) is 16.4. The van der Waals surface area contributed by atoms with Crippen LogP contribution in [0.15, 0.2) is 0 Å². The Bertz CT molecular complexity index is 480. The van der Waals surface area contributed by atoms with Gasteiger partial charge in [-0.15, -0.1) is 0 Å². The number of hydrogen-bond acceptors (Lipinski definition) is 2. The van der Waals surface area contributed by atoms with Crippen molar-refractivity contribution in [3.05, 3.63) is 0 Å². The van der Waals surface area contributed by atoms with Crippen LogP contribution >= 0.6 is 0 Å². The van der Waals surface area contributed by atoms with Gasteiger partial charge in [0.15, 0.2) is 0 Å². The second-order valence-corrected chi connectivity index (χ2v) is 10.5. The molecular formula is C20H36N2O2. The third-order valence-corrected chi connectivity index (χ3v) is 5.21. The Hall–Kier alpha value is -1.06. The van der Waals surface area contributed by atoms with Crippen molar-refractivity contribution in [3.63, 3.8) is 0 Å². The van der Waals surface area contributed by atoms with Crippen LogP contribution in [0.3, 0.4) is 0 Å². The monoisotopic (exact) mass is 336 g/mol. The molecule has 0 bridgehead atoms. The van der Waals surface area contributed by atoms with Gasteiger partial charge in [-0.3, -0.25) is 9.59 Å². The van der Waals surface area contributed by atoms with E-state index in [1.54, 1.807) is 0 Å². The number of carbonyl (C=O) groups is 2. The van der Waals surface area contributed by atoms with Crippen LogP contribution in [-0.4, -0.2) is 23.4 Å². The van der Waals surface area contributed by atoms with Gasteiger partial charge in [0.2, 0.25) is 11.8 Å².